The van der Waals surface area contributed by atoms with Gasteiger partial charge < -0.3 is 5.32 Å². The molecule has 0 spiro atoms. The number of carbonyl (C=O) groups is 1. The first-order valence-electron chi connectivity index (χ1n) is 9.00. The van der Waals surface area contributed by atoms with E-state index in [1.165, 1.54) is 21.9 Å². The van der Waals surface area contributed by atoms with Gasteiger partial charge in [0.1, 0.15) is 0 Å². The molecule has 0 aliphatic heterocycles. The van der Waals surface area contributed by atoms with E-state index in [4.69, 9.17) is 0 Å². The van der Waals surface area contributed by atoms with Crippen LogP contribution >= 0.6 is 11.8 Å². The van der Waals surface area contributed by atoms with Crippen molar-refractivity contribution in [3.63, 3.8) is 0 Å². The molecule has 0 radical (unpaired) electrons. The van der Waals surface area contributed by atoms with E-state index in [9.17, 15) is 9.59 Å². The largest absolute Gasteiger partial charge is 0.354 e. The van der Waals surface area contributed by atoms with Crippen LogP contribution in [0, 0.1) is 0 Å². The highest BCUT2D eigenvalue weighted by molar-refractivity contribution is 7.99. The fourth-order valence-corrected chi connectivity index (χ4v) is 4.09. The summed E-state index contributed by atoms with van der Waals surface area (Å²) in [5.74, 6) is 0.202. The van der Waals surface area contributed by atoms with Crippen molar-refractivity contribution in [2.24, 2.45) is 7.05 Å². The molecule has 1 amide bonds. The Morgan fingerprint density at radius 3 is 2.59 bits per heavy atom. The van der Waals surface area contributed by atoms with Gasteiger partial charge in [-0.3, -0.25) is 14.2 Å². The van der Waals surface area contributed by atoms with Crippen LogP contribution < -0.4 is 10.9 Å². The zero-order chi connectivity index (χ0) is 18.9. The maximum Gasteiger partial charge on any atom is 0.261 e. The van der Waals surface area contributed by atoms with Gasteiger partial charge >= 0.3 is 0 Å². The maximum atomic E-state index is 12.4. The quantitative estimate of drug-likeness (QED) is 0.528. The molecule has 1 aliphatic carbocycles. The topological polar surface area (TPSA) is 64.0 Å². The summed E-state index contributed by atoms with van der Waals surface area (Å²) >= 11 is 1.29. The molecule has 4 rings (SSSR count). The molecule has 1 aromatic heterocycles. The number of nitrogens with one attached hydrogen (secondary N) is 1. The van der Waals surface area contributed by atoms with Gasteiger partial charge in [0.25, 0.3) is 5.56 Å². The van der Waals surface area contributed by atoms with Crippen LogP contribution in [0.2, 0.25) is 0 Å². The molecule has 27 heavy (non-hydrogen) atoms. The van der Waals surface area contributed by atoms with Crippen molar-refractivity contribution in [2.75, 3.05) is 12.3 Å². The van der Waals surface area contributed by atoms with E-state index in [-0.39, 0.29) is 22.6 Å². The monoisotopic (exact) mass is 379 g/mol. The lowest BCUT2D eigenvalue weighted by atomic mass is 9.96. The zero-order valence-electron chi connectivity index (χ0n) is 15.1. The first-order chi connectivity index (χ1) is 13.1. The molecule has 138 valence electrons. The molecule has 1 fully saturated rings. The molecule has 2 aromatic carbocycles. The Balaban J connectivity index is 1.39. The molecular weight excluding hydrogens is 358 g/mol. The Morgan fingerprint density at radius 1 is 1.15 bits per heavy atom. The zero-order valence-corrected chi connectivity index (χ0v) is 16.0. The number of amides is 1. The number of hydrogen-bond donors (Lipinski definition) is 1. The average Bonchev–Trinajstić information content (AvgIpc) is 3.50. The van der Waals surface area contributed by atoms with Crippen molar-refractivity contribution in [1.29, 1.82) is 0 Å². The summed E-state index contributed by atoms with van der Waals surface area (Å²) in [4.78, 5) is 29.3. The van der Waals surface area contributed by atoms with Crippen molar-refractivity contribution >= 4 is 28.6 Å². The number of rotatable bonds is 6. The van der Waals surface area contributed by atoms with Crippen molar-refractivity contribution in [2.45, 2.75) is 23.4 Å². The smallest absolute Gasteiger partial charge is 0.261 e. The molecule has 0 atom stereocenters. The highest BCUT2D eigenvalue weighted by atomic mass is 32.2. The standard InChI is InChI=1S/C21H21N3O2S/c1-24-19(26)16-9-5-6-10-17(16)23-20(24)27-13-18(25)22-14-21(11-12-21)15-7-3-2-4-8-15/h2-10H,11-14H2,1H3,(H,22,25). The van der Waals surface area contributed by atoms with Crippen molar-refractivity contribution in [1.82, 2.24) is 14.9 Å². The Labute approximate surface area is 161 Å². The van der Waals surface area contributed by atoms with Gasteiger partial charge in [-0.15, -0.1) is 0 Å². The van der Waals surface area contributed by atoms with Crippen molar-refractivity contribution in [3.8, 4) is 0 Å². The summed E-state index contributed by atoms with van der Waals surface area (Å²) in [6.07, 6.45) is 2.20. The molecule has 6 heteroatoms. The predicted octanol–water partition coefficient (Wildman–Crippen LogP) is 2.87. The number of hydrogen-bond acceptors (Lipinski definition) is 4. The summed E-state index contributed by atoms with van der Waals surface area (Å²) in [7, 11) is 1.69. The summed E-state index contributed by atoms with van der Waals surface area (Å²) in [5, 5.41) is 4.19. The van der Waals surface area contributed by atoms with Gasteiger partial charge in [0.2, 0.25) is 5.91 Å². The van der Waals surface area contributed by atoms with Gasteiger partial charge in [-0.05, 0) is 30.5 Å². The van der Waals surface area contributed by atoms with E-state index in [2.05, 4.69) is 22.4 Å². The van der Waals surface area contributed by atoms with Gasteiger partial charge in [-0.2, -0.15) is 0 Å². The van der Waals surface area contributed by atoms with E-state index < -0.39 is 0 Å². The fraction of sp³-hybridized carbons (Fsp3) is 0.286. The molecule has 1 aliphatic rings. The van der Waals surface area contributed by atoms with Gasteiger partial charge in [-0.25, -0.2) is 4.98 Å². The Hall–Kier alpha value is -2.60. The van der Waals surface area contributed by atoms with Crippen molar-refractivity contribution in [3.05, 3.63) is 70.5 Å². The number of thioether (sulfide) groups is 1. The Morgan fingerprint density at radius 2 is 1.85 bits per heavy atom. The minimum Gasteiger partial charge on any atom is -0.354 e. The number of fused-ring (bicyclic) bond motifs is 1. The third-order valence-corrected chi connectivity index (χ3v) is 6.17. The second-order valence-electron chi connectivity index (χ2n) is 6.99. The third kappa shape index (κ3) is 3.62. The van der Waals surface area contributed by atoms with Crippen LogP contribution in [0.4, 0.5) is 0 Å². The lowest BCUT2D eigenvalue weighted by molar-refractivity contribution is -0.118. The van der Waals surface area contributed by atoms with Crippen LogP contribution in [-0.4, -0.2) is 27.8 Å². The number of aromatic nitrogens is 2. The average molecular weight is 379 g/mol. The lowest BCUT2D eigenvalue weighted by Gasteiger charge is -2.16. The molecule has 3 aromatic rings. The van der Waals surface area contributed by atoms with Crippen LogP contribution in [0.5, 0.6) is 0 Å². The van der Waals surface area contributed by atoms with Crippen LogP contribution in [-0.2, 0) is 17.3 Å². The molecule has 0 unspecified atom stereocenters. The second-order valence-corrected chi connectivity index (χ2v) is 7.93. The normalized spacial score (nSPS) is 14.9. The molecule has 1 saturated carbocycles. The molecule has 5 nitrogen and oxygen atoms in total. The number of para-hydroxylation sites is 1. The third-order valence-electron chi connectivity index (χ3n) is 5.14. The molecule has 0 saturated heterocycles. The first-order valence-corrected chi connectivity index (χ1v) is 9.98. The number of nitrogens with zero attached hydrogens (tertiary/aromatic N) is 2. The lowest BCUT2D eigenvalue weighted by Crippen LogP contribution is -2.33. The SMILES string of the molecule is Cn1c(SCC(=O)NCC2(c3ccccc3)CC2)nc2ccccc2c1=O. The van der Waals surface area contributed by atoms with E-state index in [0.717, 1.165) is 12.8 Å². The van der Waals surface area contributed by atoms with Gasteiger partial charge in [0.05, 0.1) is 16.7 Å². The fourth-order valence-electron chi connectivity index (χ4n) is 3.29. The minimum absolute atomic E-state index is 0.0374. The van der Waals surface area contributed by atoms with Crippen LogP contribution in [0.3, 0.4) is 0 Å². The van der Waals surface area contributed by atoms with E-state index in [1.807, 2.05) is 36.4 Å². The van der Waals surface area contributed by atoms with E-state index in [1.54, 1.807) is 13.1 Å². The number of benzene rings is 2. The first kappa shape index (κ1) is 17.8. The summed E-state index contributed by atoms with van der Waals surface area (Å²) in [6.45, 7) is 0.653. The summed E-state index contributed by atoms with van der Waals surface area (Å²) < 4.78 is 1.51. The Kier molecular flexibility index (Phi) is 4.74. The van der Waals surface area contributed by atoms with Crippen LogP contribution in [0.15, 0.2) is 64.5 Å². The molecule has 1 heterocycles. The van der Waals surface area contributed by atoms with E-state index >= 15 is 0 Å². The summed E-state index contributed by atoms with van der Waals surface area (Å²) in [5.41, 5.74) is 1.95. The summed E-state index contributed by atoms with van der Waals surface area (Å²) in [6, 6.07) is 17.6. The van der Waals surface area contributed by atoms with Crippen molar-refractivity contribution < 1.29 is 4.79 Å². The highest BCUT2D eigenvalue weighted by Gasteiger charge is 2.44. The highest BCUT2D eigenvalue weighted by Crippen LogP contribution is 2.47. The Bertz CT molecular complexity index is 1040. The predicted molar refractivity (Wildman–Crippen MR) is 108 cm³/mol. The molecule has 1 N–H and O–H groups in total. The molecule has 0 bridgehead atoms. The van der Waals surface area contributed by atoms with Gasteiger partial charge in [0.15, 0.2) is 5.16 Å². The number of carbonyl (C=O) groups excluding carboxylic acids is 1. The second kappa shape index (κ2) is 7.19. The minimum atomic E-state index is -0.0930. The van der Waals surface area contributed by atoms with Crippen LogP contribution in [0.1, 0.15) is 18.4 Å². The van der Waals surface area contributed by atoms with Crippen LogP contribution in [0.25, 0.3) is 10.9 Å². The molecular formula is C21H21N3O2S. The van der Waals surface area contributed by atoms with Gasteiger partial charge in [-0.1, -0.05) is 54.2 Å². The van der Waals surface area contributed by atoms with E-state index in [0.29, 0.717) is 22.6 Å². The van der Waals surface area contributed by atoms with Gasteiger partial charge in [0, 0.05) is 19.0 Å². The maximum absolute atomic E-state index is 12.4.